The number of esters is 1. The van der Waals surface area contributed by atoms with Gasteiger partial charge in [0.25, 0.3) is 0 Å². The van der Waals surface area contributed by atoms with E-state index in [1.807, 2.05) is 13.8 Å². The second-order valence-electron chi connectivity index (χ2n) is 5.84. The summed E-state index contributed by atoms with van der Waals surface area (Å²) in [7, 11) is 1.40. The smallest absolute Gasteiger partial charge is 0.310 e. The zero-order valence-corrected chi connectivity index (χ0v) is 17.6. The molecule has 5 nitrogen and oxygen atoms in total. The highest BCUT2D eigenvalue weighted by molar-refractivity contribution is 14.0. The Balaban J connectivity index is 0.00000529. The minimum Gasteiger partial charge on any atom is -0.469 e. The van der Waals surface area contributed by atoms with Gasteiger partial charge in [-0.15, -0.1) is 24.0 Å². The normalized spacial score (nSPS) is 13.5. The van der Waals surface area contributed by atoms with Crippen LogP contribution < -0.4 is 10.6 Å². The Labute approximate surface area is 162 Å². The quantitative estimate of drug-likeness (QED) is 0.292. The van der Waals surface area contributed by atoms with Crippen LogP contribution in [0, 0.1) is 12.8 Å². The number of nitrogens with one attached hydrogen (secondary N) is 2. The molecule has 0 bridgehead atoms. The topological polar surface area (TPSA) is 62.7 Å². The third-order valence-corrected chi connectivity index (χ3v) is 3.66. The lowest BCUT2D eigenvalue weighted by atomic mass is 9.99. The van der Waals surface area contributed by atoms with Gasteiger partial charge in [0.15, 0.2) is 5.96 Å². The van der Waals surface area contributed by atoms with Gasteiger partial charge in [0.05, 0.1) is 19.6 Å². The van der Waals surface area contributed by atoms with Gasteiger partial charge >= 0.3 is 5.97 Å². The molecule has 0 saturated heterocycles. The van der Waals surface area contributed by atoms with Crippen LogP contribution in [-0.2, 0) is 9.53 Å². The van der Waals surface area contributed by atoms with E-state index < -0.39 is 0 Å². The highest BCUT2D eigenvalue weighted by atomic mass is 127. The van der Waals surface area contributed by atoms with Gasteiger partial charge in [0.1, 0.15) is 0 Å². The molecule has 1 rings (SSSR count). The van der Waals surface area contributed by atoms with E-state index in [-0.39, 0.29) is 35.9 Å². The van der Waals surface area contributed by atoms with Crippen LogP contribution in [0.3, 0.4) is 0 Å². The Morgan fingerprint density at radius 3 is 2.58 bits per heavy atom. The summed E-state index contributed by atoms with van der Waals surface area (Å²) < 4.78 is 4.72. The van der Waals surface area contributed by atoms with Crippen molar-refractivity contribution in [2.24, 2.45) is 10.9 Å². The molecule has 0 saturated carbocycles. The number of rotatable bonds is 7. The molecule has 0 aromatic heterocycles. The lowest BCUT2D eigenvalue weighted by Gasteiger charge is -2.17. The van der Waals surface area contributed by atoms with Gasteiger partial charge in [0.2, 0.25) is 0 Å². The number of methoxy groups -OCH3 is 1. The number of aryl methyl sites for hydroxylation is 1. The van der Waals surface area contributed by atoms with E-state index in [1.165, 1.54) is 18.2 Å². The SMILES string of the molecule is CCNC(=NCC(C)C(=O)OC)NCC(C)c1cccc(C)c1.I. The van der Waals surface area contributed by atoms with Gasteiger partial charge in [-0.05, 0) is 25.3 Å². The van der Waals surface area contributed by atoms with Crippen LogP contribution >= 0.6 is 24.0 Å². The number of halogens is 1. The standard InChI is InChI=1S/C18H29N3O2.HI/c1-6-19-18(21-12-15(4)17(22)23-5)20-11-14(3)16-9-7-8-13(2)10-16;/h7-10,14-15H,6,11-12H2,1-5H3,(H2,19,20,21);1H. The molecule has 0 amide bonds. The van der Waals surface area contributed by atoms with Crippen LogP contribution in [0.15, 0.2) is 29.3 Å². The molecule has 24 heavy (non-hydrogen) atoms. The first-order chi connectivity index (χ1) is 11.0. The van der Waals surface area contributed by atoms with Crippen molar-refractivity contribution in [2.75, 3.05) is 26.7 Å². The third kappa shape index (κ3) is 7.99. The fraction of sp³-hybridized carbons (Fsp3) is 0.556. The molecule has 0 aliphatic heterocycles. The fourth-order valence-corrected chi connectivity index (χ4v) is 2.19. The molecule has 136 valence electrons. The van der Waals surface area contributed by atoms with Gasteiger partial charge in [-0.25, -0.2) is 0 Å². The van der Waals surface area contributed by atoms with E-state index in [4.69, 9.17) is 4.74 Å². The maximum Gasteiger partial charge on any atom is 0.310 e. The van der Waals surface area contributed by atoms with Gasteiger partial charge in [0, 0.05) is 13.1 Å². The molecular formula is C18H30IN3O2. The van der Waals surface area contributed by atoms with Crippen LogP contribution in [0.25, 0.3) is 0 Å². The van der Waals surface area contributed by atoms with Crippen LogP contribution in [0.5, 0.6) is 0 Å². The maximum absolute atomic E-state index is 11.4. The largest absolute Gasteiger partial charge is 0.469 e. The second-order valence-corrected chi connectivity index (χ2v) is 5.84. The first kappa shape index (κ1) is 22.7. The van der Waals surface area contributed by atoms with Crippen molar-refractivity contribution in [3.8, 4) is 0 Å². The number of guanidine groups is 1. The molecular weight excluding hydrogens is 417 g/mol. The van der Waals surface area contributed by atoms with Crippen molar-refractivity contribution in [2.45, 2.75) is 33.6 Å². The number of nitrogens with zero attached hydrogens (tertiary/aromatic N) is 1. The van der Waals surface area contributed by atoms with Crippen LogP contribution in [0.1, 0.15) is 37.8 Å². The van der Waals surface area contributed by atoms with E-state index in [2.05, 4.69) is 53.7 Å². The zero-order chi connectivity index (χ0) is 17.2. The molecule has 0 spiro atoms. The number of aliphatic imine (C=N–C) groups is 1. The van der Waals surface area contributed by atoms with Gasteiger partial charge in [-0.3, -0.25) is 9.79 Å². The molecule has 0 radical (unpaired) electrons. The minimum atomic E-state index is -0.246. The van der Waals surface area contributed by atoms with E-state index in [0.717, 1.165) is 19.0 Å². The van der Waals surface area contributed by atoms with Crippen LogP contribution in [0.4, 0.5) is 0 Å². The summed E-state index contributed by atoms with van der Waals surface area (Å²) in [4.78, 5) is 15.9. The summed E-state index contributed by atoms with van der Waals surface area (Å²) in [5, 5.41) is 6.54. The van der Waals surface area contributed by atoms with E-state index in [1.54, 1.807) is 0 Å². The summed E-state index contributed by atoms with van der Waals surface area (Å²) in [6.07, 6.45) is 0. The predicted octanol–water partition coefficient (Wildman–Crippen LogP) is 3.08. The lowest BCUT2D eigenvalue weighted by molar-refractivity contribution is -0.144. The second kappa shape index (κ2) is 12.1. The molecule has 6 heteroatoms. The number of hydrogen-bond acceptors (Lipinski definition) is 3. The minimum absolute atomic E-state index is 0. The number of carbonyl (C=O) groups is 1. The summed E-state index contributed by atoms with van der Waals surface area (Å²) in [6, 6.07) is 8.53. The van der Waals surface area contributed by atoms with E-state index in [9.17, 15) is 4.79 Å². The molecule has 2 unspecified atom stereocenters. The van der Waals surface area contributed by atoms with Crippen molar-refractivity contribution in [1.82, 2.24) is 10.6 Å². The summed E-state index contributed by atoms with van der Waals surface area (Å²) in [5.41, 5.74) is 2.57. The molecule has 0 aliphatic carbocycles. The molecule has 0 heterocycles. The Morgan fingerprint density at radius 2 is 2.00 bits per heavy atom. The molecule has 0 aliphatic rings. The van der Waals surface area contributed by atoms with Gasteiger partial charge < -0.3 is 15.4 Å². The molecule has 0 fully saturated rings. The Hall–Kier alpha value is -1.31. The third-order valence-electron chi connectivity index (χ3n) is 3.66. The van der Waals surface area contributed by atoms with Crippen molar-refractivity contribution < 1.29 is 9.53 Å². The highest BCUT2D eigenvalue weighted by Gasteiger charge is 2.13. The van der Waals surface area contributed by atoms with Crippen molar-refractivity contribution in [1.29, 1.82) is 0 Å². The molecule has 2 atom stereocenters. The maximum atomic E-state index is 11.4. The molecule has 1 aromatic rings. The van der Waals surface area contributed by atoms with Crippen molar-refractivity contribution >= 4 is 35.9 Å². The van der Waals surface area contributed by atoms with E-state index in [0.29, 0.717) is 12.5 Å². The van der Waals surface area contributed by atoms with E-state index >= 15 is 0 Å². The highest BCUT2D eigenvalue weighted by Crippen LogP contribution is 2.15. The first-order valence-electron chi connectivity index (χ1n) is 8.14. The average molecular weight is 447 g/mol. The number of benzene rings is 1. The predicted molar refractivity (Wildman–Crippen MR) is 110 cm³/mol. The lowest BCUT2D eigenvalue weighted by Crippen LogP contribution is -2.39. The molecule has 1 aromatic carbocycles. The Morgan fingerprint density at radius 1 is 1.29 bits per heavy atom. The number of hydrogen-bond donors (Lipinski definition) is 2. The average Bonchev–Trinajstić information content (AvgIpc) is 2.55. The first-order valence-corrected chi connectivity index (χ1v) is 8.14. The molecule has 2 N–H and O–H groups in total. The van der Waals surface area contributed by atoms with Gasteiger partial charge in [-0.1, -0.05) is 43.7 Å². The fourth-order valence-electron chi connectivity index (χ4n) is 2.19. The van der Waals surface area contributed by atoms with Crippen molar-refractivity contribution in [3.63, 3.8) is 0 Å². The summed E-state index contributed by atoms with van der Waals surface area (Å²) in [6.45, 7) is 10.1. The Kier molecular flexibility index (Phi) is 11.4. The summed E-state index contributed by atoms with van der Waals surface area (Å²) >= 11 is 0. The van der Waals surface area contributed by atoms with Crippen molar-refractivity contribution in [3.05, 3.63) is 35.4 Å². The van der Waals surface area contributed by atoms with Crippen LogP contribution in [-0.4, -0.2) is 38.7 Å². The number of carbonyl (C=O) groups excluding carboxylic acids is 1. The zero-order valence-electron chi connectivity index (χ0n) is 15.3. The summed E-state index contributed by atoms with van der Waals surface area (Å²) in [5.74, 6) is 0.613. The number of ether oxygens (including phenoxy) is 1. The Bertz CT molecular complexity index is 535. The monoisotopic (exact) mass is 447 g/mol. The van der Waals surface area contributed by atoms with Crippen LogP contribution in [0.2, 0.25) is 0 Å². The van der Waals surface area contributed by atoms with Gasteiger partial charge in [-0.2, -0.15) is 0 Å².